The van der Waals surface area contributed by atoms with E-state index in [1.165, 1.54) is 28.8 Å². The predicted molar refractivity (Wildman–Crippen MR) is 126 cm³/mol. The van der Waals surface area contributed by atoms with Gasteiger partial charge in [0.15, 0.2) is 0 Å². The number of thiazole rings is 1. The predicted octanol–water partition coefficient (Wildman–Crippen LogP) is 3.89. The molecule has 0 unspecified atom stereocenters. The summed E-state index contributed by atoms with van der Waals surface area (Å²) >= 11 is 1.01. The molecule has 1 aromatic heterocycles. The van der Waals surface area contributed by atoms with Gasteiger partial charge in [-0.05, 0) is 35.9 Å². The Morgan fingerprint density at radius 2 is 1.59 bits per heavy atom. The second kappa shape index (κ2) is 10.1. The monoisotopic (exact) mass is 474 g/mol. The van der Waals surface area contributed by atoms with Crippen molar-refractivity contribution in [1.29, 1.82) is 5.26 Å². The van der Waals surface area contributed by atoms with Crippen LogP contribution in [0.2, 0.25) is 0 Å². The molecular formula is C26H16F2N2O3S. The highest BCUT2D eigenvalue weighted by Crippen LogP contribution is 2.15. The number of alkyl halides is 2. The summed E-state index contributed by atoms with van der Waals surface area (Å²) in [5, 5.41) is 9.87. The van der Waals surface area contributed by atoms with E-state index in [0.29, 0.717) is 16.8 Å². The van der Waals surface area contributed by atoms with Crippen molar-refractivity contribution in [1.82, 2.24) is 4.57 Å². The maximum absolute atomic E-state index is 13.4. The van der Waals surface area contributed by atoms with Crippen molar-refractivity contribution in [2.75, 3.05) is 0 Å². The Morgan fingerprint density at radius 3 is 2.18 bits per heavy atom. The molecule has 3 aromatic carbocycles. The van der Waals surface area contributed by atoms with Crippen molar-refractivity contribution in [3.63, 3.8) is 0 Å². The number of para-hydroxylation sites is 1. The second-order valence-electron chi connectivity index (χ2n) is 7.02. The molecule has 0 aliphatic heterocycles. The fourth-order valence-corrected chi connectivity index (χ4v) is 4.39. The van der Waals surface area contributed by atoms with Crippen LogP contribution in [0.25, 0.3) is 17.3 Å². The Morgan fingerprint density at radius 1 is 0.971 bits per heavy atom. The van der Waals surface area contributed by atoms with Crippen molar-refractivity contribution in [2.24, 2.45) is 0 Å². The van der Waals surface area contributed by atoms with Gasteiger partial charge in [-0.2, -0.15) is 14.0 Å². The van der Waals surface area contributed by atoms with Gasteiger partial charge in [0.25, 0.3) is 5.56 Å². The molecule has 168 valence electrons. The zero-order valence-electron chi connectivity index (χ0n) is 17.5. The summed E-state index contributed by atoms with van der Waals surface area (Å²) in [5.74, 6) is -0.497. The van der Waals surface area contributed by atoms with Gasteiger partial charge < -0.3 is 4.74 Å². The highest BCUT2D eigenvalue weighted by atomic mass is 32.1. The third kappa shape index (κ3) is 4.85. The molecule has 0 N–H and O–H groups in total. The van der Waals surface area contributed by atoms with Crippen LogP contribution in [0.3, 0.4) is 0 Å². The first-order valence-corrected chi connectivity index (χ1v) is 10.9. The number of carbonyl (C=O) groups excluding carboxylic acids is 1. The van der Waals surface area contributed by atoms with Gasteiger partial charge in [-0.25, -0.2) is 0 Å². The van der Waals surface area contributed by atoms with Gasteiger partial charge in [0.2, 0.25) is 5.78 Å². The molecular weight excluding hydrogens is 458 g/mol. The minimum Gasteiger partial charge on any atom is -0.435 e. The molecule has 0 spiro atoms. The zero-order chi connectivity index (χ0) is 24.1. The van der Waals surface area contributed by atoms with Crippen LogP contribution in [0, 0.1) is 11.3 Å². The molecule has 34 heavy (non-hydrogen) atoms. The number of nitriles is 1. The molecule has 0 aliphatic rings. The molecule has 0 saturated heterocycles. The quantitative estimate of drug-likeness (QED) is 0.398. The largest absolute Gasteiger partial charge is 0.435 e. The number of carbonyl (C=O) groups is 1. The lowest BCUT2D eigenvalue weighted by atomic mass is 10.1. The fourth-order valence-electron chi connectivity index (χ4n) is 3.29. The Bertz CT molecular complexity index is 1540. The smallest absolute Gasteiger partial charge is 0.387 e. The third-order valence-corrected chi connectivity index (χ3v) is 5.92. The van der Waals surface area contributed by atoms with E-state index < -0.39 is 18.0 Å². The van der Waals surface area contributed by atoms with E-state index in [0.717, 1.165) is 11.3 Å². The van der Waals surface area contributed by atoms with E-state index in [1.54, 1.807) is 66.7 Å². The van der Waals surface area contributed by atoms with Crippen molar-refractivity contribution < 1.29 is 18.3 Å². The molecule has 0 atom stereocenters. The van der Waals surface area contributed by atoms with Gasteiger partial charge in [-0.15, -0.1) is 11.3 Å². The van der Waals surface area contributed by atoms with Crippen LogP contribution in [-0.2, 0) is 0 Å². The van der Waals surface area contributed by atoms with Crippen LogP contribution >= 0.6 is 11.3 Å². The van der Waals surface area contributed by atoms with Gasteiger partial charge in [-0.3, -0.25) is 14.2 Å². The molecule has 1 heterocycles. The molecule has 0 aliphatic carbocycles. The number of halogens is 2. The third-order valence-electron chi connectivity index (χ3n) is 4.83. The lowest BCUT2D eigenvalue weighted by Crippen LogP contribution is -2.31. The summed E-state index contributed by atoms with van der Waals surface area (Å²) < 4.78 is 31.0. The average Bonchev–Trinajstić information content (AvgIpc) is 3.17. The molecule has 0 saturated carbocycles. The maximum atomic E-state index is 13.4. The molecule has 5 nitrogen and oxygen atoms in total. The minimum atomic E-state index is -2.94. The number of benzene rings is 3. The minimum absolute atomic E-state index is 0.00530. The Kier molecular flexibility index (Phi) is 6.76. The highest BCUT2D eigenvalue weighted by molar-refractivity contribution is 7.07. The number of Topliss-reactive ketones (excluding diaryl/α,β-unsaturated/α-hetero) is 1. The van der Waals surface area contributed by atoms with E-state index in [4.69, 9.17) is 0 Å². The summed E-state index contributed by atoms with van der Waals surface area (Å²) in [6.45, 7) is -2.94. The Hall–Kier alpha value is -4.35. The summed E-state index contributed by atoms with van der Waals surface area (Å²) in [6, 6.07) is 24.9. The molecule has 4 aromatic rings. The van der Waals surface area contributed by atoms with Crippen LogP contribution in [0.1, 0.15) is 15.9 Å². The summed E-state index contributed by atoms with van der Waals surface area (Å²) in [5.41, 5.74) is 0.845. The summed E-state index contributed by atoms with van der Waals surface area (Å²) in [4.78, 5) is 26.5. The summed E-state index contributed by atoms with van der Waals surface area (Å²) in [7, 11) is 0. The fraction of sp³-hybridized carbons (Fsp3) is 0.0385. The normalized spacial score (nSPS) is 12.4. The first kappa shape index (κ1) is 22.8. The number of hydrogen-bond donors (Lipinski definition) is 0. The van der Waals surface area contributed by atoms with Gasteiger partial charge in [0.1, 0.15) is 22.1 Å². The van der Waals surface area contributed by atoms with Crippen LogP contribution < -0.4 is 19.5 Å². The molecule has 8 heteroatoms. The average molecular weight is 474 g/mol. The first-order valence-electron chi connectivity index (χ1n) is 10.1. The number of ether oxygens (including phenoxy) is 1. The van der Waals surface area contributed by atoms with Crippen molar-refractivity contribution in [2.45, 2.75) is 6.61 Å². The Labute approximate surface area is 196 Å². The Balaban J connectivity index is 1.94. The number of hydrogen-bond acceptors (Lipinski definition) is 5. The van der Waals surface area contributed by atoms with E-state index >= 15 is 0 Å². The van der Waals surface area contributed by atoms with Gasteiger partial charge in [0.05, 0.1) is 10.2 Å². The zero-order valence-corrected chi connectivity index (χ0v) is 18.3. The van der Waals surface area contributed by atoms with Crippen molar-refractivity contribution in [3.8, 4) is 17.5 Å². The molecule has 0 fully saturated rings. The van der Waals surface area contributed by atoms with Gasteiger partial charge in [-0.1, -0.05) is 60.7 Å². The lowest BCUT2D eigenvalue weighted by Gasteiger charge is -2.03. The van der Waals surface area contributed by atoms with Crippen molar-refractivity contribution in [3.05, 3.63) is 116 Å². The molecule has 0 amide bonds. The number of aromatic nitrogens is 1. The highest BCUT2D eigenvalue weighted by Gasteiger charge is 2.18. The number of ketones is 1. The van der Waals surface area contributed by atoms with E-state index in [9.17, 15) is 23.6 Å². The topological polar surface area (TPSA) is 72.1 Å². The number of rotatable bonds is 6. The SMILES string of the molecule is N#C/C(C(=O)c1ccccc1)=c1\s/c(=C/c2ccc(OC(F)F)cc2)c(=O)n1-c1ccccc1. The van der Waals surface area contributed by atoms with E-state index in [-0.39, 0.29) is 20.5 Å². The molecule has 4 rings (SSSR count). The second-order valence-corrected chi connectivity index (χ2v) is 8.05. The van der Waals surface area contributed by atoms with Crippen LogP contribution in [-0.4, -0.2) is 17.0 Å². The summed E-state index contributed by atoms with van der Waals surface area (Å²) in [6.07, 6.45) is 1.57. The van der Waals surface area contributed by atoms with Crippen LogP contribution in [0.5, 0.6) is 5.75 Å². The van der Waals surface area contributed by atoms with Gasteiger partial charge >= 0.3 is 6.61 Å². The maximum Gasteiger partial charge on any atom is 0.387 e. The number of nitrogens with zero attached hydrogens (tertiary/aromatic N) is 2. The van der Waals surface area contributed by atoms with Gasteiger partial charge in [0, 0.05) is 5.56 Å². The molecule has 0 radical (unpaired) electrons. The standard InChI is InChI=1S/C26H16F2N2O3S/c27-26(28)33-20-13-11-17(12-14-20)15-22-24(32)30(19-9-5-2-6-10-19)25(34-22)21(16-29)23(31)18-7-3-1-4-8-18/h1-15,26H/b22-15+,25-21+. The van der Waals surface area contributed by atoms with E-state index in [1.807, 2.05) is 6.07 Å². The molecule has 0 bridgehead atoms. The van der Waals surface area contributed by atoms with Crippen molar-refractivity contribution >= 4 is 28.8 Å². The lowest BCUT2D eigenvalue weighted by molar-refractivity contribution is -0.0498. The van der Waals surface area contributed by atoms with Crippen LogP contribution in [0.15, 0.2) is 89.7 Å². The first-order chi connectivity index (χ1) is 16.5. The van der Waals surface area contributed by atoms with Crippen LogP contribution in [0.4, 0.5) is 8.78 Å². The van der Waals surface area contributed by atoms with E-state index in [2.05, 4.69) is 4.74 Å².